The standard InChI is InChI=1S/C19H16ClNO2/c1-22-18-11-14-9-10-21-17(16(14)12-19(18)23-2)8-5-13-3-6-15(20)7-4-13/h3-12H,1-2H3. The second-order valence-electron chi connectivity index (χ2n) is 5.01. The molecule has 0 saturated heterocycles. The Morgan fingerprint density at radius 2 is 1.61 bits per heavy atom. The van der Waals surface area contributed by atoms with Crippen LogP contribution in [0.3, 0.4) is 0 Å². The highest BCUT2D eigenvalue weighted by Gasteiger charge is 2.08. The summed E-state index contributed by atoms with van der Waals surface area (Å²) in [5.74, 6) is 1.40. The van der Waals surface area contributed by atoms with Crippen molar-refractivity contribution in [2.45, 2.75) is 0 Å². The van der Waals surface area contributed by atoms with Crippen LogP contribution >= 0.6 is 11.6 Å². The number of methoxy groups -OCH3 is 2. The average Bonchev–Trinajstić information content (AvgIpc) is 2.60. The molecule has 0 unspecified atom stereocenters. The third-order valence-electron chi connectivity index (χ3n) is 3.60. The maximum absolute atomic E-state index is 5.91. The van der Waals surface area contributed by atoms with Crippen LogP contribution in [-0.2, 0) is 0 Å². The van der Waals surface area contributed by atoms with E-state index in [4.69, 9.17) is 21.1 Å². The summed E-state index contributed by atoms with van der Waals surface area (Å²) in [5.41, 5.74) is 1.94. The predicted octanol–water partition coefficient (Wildman–Crippen LogP) is 5.08. The van der Waals surface area contributed by atoms with Gasteiger partial charge in [-0.15, -0.1) is 0 Å². The van der Waals surface area contributed by atoms with E-state index in [9.17, 15) is 0 Å². The van der Waals surface area contributed by atoms with E-state index in [0.717, 1.165) is 27.1 Å². The Morgan fingerprint density at radius 3 is 2.30 bits per heavy atom. The third-order valence-corrected chi connectivity index (χ3v) is 3.86. The lowest BCUT2D eigenvalue weighted by molar-refractivity contribution is 0.356. The van der Waals surface area contributed by atoms with Crippen LogP contribution in [-0.4, -0.2) is 19.2 Å². The number of hydrogen-bond acceptors (Lipinski definition) is 3. The predicted molar refractivity (Wildman–Crippen MR) is 95.2 cm³/mol. The molecule has 1 aromatic heterocycles. The van der Waals surface area contributed by atoms with Gasteiger partial charge in [-0.05, 0) is 47.4 Å². The fourth-order valence-corrected chi connectivity index (χ4v) is 2.53. The first-order valence-corrected chi connectivity index (χ1v) is 7.53. The summed E-state index contributed by atoms with van der Waals surface area (Å²) in [4.78, 5) is 4.46. The summed E-state index contributed by atoms with van der Waals surface area (Å²) in [7, 11) is 3.26. The number of ether oxygens (including phenoxy) is 2. The van der Waals surface area contributed by atoms with Gasteiger partial charge in [0.2, 0.25) is 0 Å². The van der Waals surface area contributed by atoms with Gasteiger partial charge in [0.1, 0.15) is 0 Å². The normalized spacial score (nSPS) is 11.1. The molecule has 0 N–H and O–H groups in total. The highest BCUT2D eigenvalue weighted by Crippen LogP contribution is 2.33. The zero-order valence-corrected chi connectivity index (χ0v) is 13.7. The van der Waals surface area contributed by atoms with Crippen molar-refractivity contribution >= 4 is 34.5 Å². The molecule has 4 heteroatoms. The van der Waals surface area contributed by atoms with Gasteiger partial charge in [0.25, 0.3) is 0 Å². The van der Waals surface area contributed by atoms with Crippen molar-refractivity contribution < 1.29 is 9.47 Å². The van der Waals surface area contributed by atoms with Crippen LogP contribution in [0.15, 0.2) is 48.7 Å². The zero-order chi connectivity index (χ0) is 16.2. The number of fused-ring (bicyclic) bond motifs is 1. The largest absolute Gasteiger partial charge is 0.493 e. The maximum atomic E-state index is 5.91. The minimum absolute atomic E-state index is 0.689. The average molecular weight is 326 g/mol. The fraction of sp³-hybridized carbons (Fsp3) is 0.105. The van der Waals surface area contributed by atoms with Gasteiger partial charge in [0.05, 0.1) is 19.9 Å². The SMILES string of the molecule is COc1cc2ccnc(C=Cc3ccc(Cl)cc3)c2cc1OC. The molecule has 0 radical (unpaired) electrons. The molecule has 0 spiro atoms. The van der Waals surface area contributed by atoms with E-state index in [-0.39, 0.29) is 0 Å². The van der Waals surface area contributed by atoms with Crippen molar-refractivity contribution in [3.05, 3.63) is 64.9 Å². The first-order valence-electron chi connectivity index (χ1n) is 7.15. The van der Waals surface area contributed by atoms with Gasteiger partial charge in [-0.1, -0.05) is 29.8 Å². The number of pyridine rings is 1. The Kier molecular flexibility index (Phi) is 4.49. The van der Waals surface area contributed by atoms with Gasteiger partial charge in [-0.3, -0.25) is 4.98 Å². The number of aromatic nitrogens is 1. The van der Waals surface area contributed by atoms with E-state index in [1.807, 2.05) is 54.6 Å². The number of rotatable bonds is 4. The highest BCUT2D eigenvalue weighted by molar-refractivity contribution is 6.30. The number of halogens is 1. The Labute approximate surface area is 140 Å². The minimum Gasteiger partial charge on any atom is -0.493 e. The molecule has 23 heavy (non-hydrogen) atoms. The number of benzene rings is 2. The maximum Gasteiger partial charge on any atom is 0.161 e. The summed E-state index contributed by atoms with van der Waals surface area (Å²) in [6.07, 6.45) is 5.78. The van der Waals surface area contributed by atoms with Crippen molar-refractivity contribution in [2.24, 2.45) is 0 Å². The quantitative estimate of drug-likeness (QED) is 0.670. The Balaban J connectivity index is 2.05. The lowest BCUT2D eigenvalue weighted by Gasteiger charge is -2.10. The monoisotopic (exact) mass is 325 g/mol. The van der Waals surface area contributed by atoms with Gasteiger partial charge >= 0.3 is 0 Å². The fourth-order valence-electron chi connectivity index (χ4n) is 2.40. The molecule has 3 nitrogen and oxygen atoms in total. The topological polar surface area (TPSA) is 31.4 Å². The van der Waals surface area contributed by atoms with Crippen molar-refractivity contribution in [3.8, 4) is 11.5 Å². The minimum atomic E-state index is 0.689. The number of nitrogens with zero attached hydrogens (tertiary/aromatic N) is 1. The Morgan fingerprint density at radius 1 is 0.913 bits per heavy atom. The second-order valence-corrected chi connectivity index (χ2v) is 5.45. The molecule has 2 aromatic carbocycles. The molecule has 0 aliphatic rings. The summed E-state index contributed by atoms with van der Waals surface area (Å²) in [5, 5.41) is 2.78. The molecule has 0 aliphatic carbocycles. The van der Waals surface area contributed by atoms with E-state index in [1.165, 1.54) is 0 Å². The first-order chi connectivity index (χ1) is 11.2. The van der Waals surface area contributed by atoms with E-state index in [2.05, 4.69) is 4.98 Å². The van der Waals surface area contributed by atoms with Crippen molar-refractivity contribution in [1.82, 2.24) is 4.98 Å². The lowest BCUT2D eigenvalue weighted by Crippen LogP contribution is -1.92. The van der Waals surface area contributed by atoms with Crippen molar-refractivity contribution in [2.75, 3.05) is 14.2 Å². The van der Waals surface area contributed by atoms with Crippen LogP contribution in [0.25, 0.3) is 22.9 Å². The summed E-state index contributed by atoms with van der Waals surface area (Å²) < 4.78 is 10.7. The molecular formula is C19H16ClNO2. The Bertz CT molecular complexity index is 857. The number of hydrogen-bond donors (Lipinski definition) is 0. The van der Waals surface area contributed by atoms with Crippen LogP contribution < -0.4 is 9.47 Å². The molecule has 3 rings (SSSR count). The van der Waals surface area contributed by atoms with Crippen LogP contribution in [0.1, 0.15) is 11.3 Å². The summed E-state index contributed by atoms with van der Waals surface area (Å²) >= 11 is 5.91. The lowest BCUT2D eigenvalue weighted by atomic mass is 10.1. The first kappa shape index (κ1) is 15.4. The van der Waals surface area contributed by atoms with Gasteiger partial charge in [0.15, 0.2) is 11.5 Å². The van der Waals surface area contributed by atoms with E-state index in [1.54, 1.807) is 20.4 Å². The van der Waals surface area contributed by atoms with E-state index < -0.39 is 0 Å². The van der Waals surface area contributed by atoms with Crippen LogP contribution in [0.4, 0.5) is 0 Å². The smallest absolute Gasteiger partial charge is 0.161 e. The summed E-state index contributed by atoms with van der Waals surface area (Å²) in [6.45, 7) is 0. The molecule has 116 valence electrons. The van der Waals surface area contributed by atoms with Crippen LogP contribution in [0.2, 0.25) is 5.02 Å². The molecule has 0 fully saturated rings. The van der Waals surface area contributed by atoms with E-state index >= 15 is 0 Å². The van der Waals surface area contributed by atoms with E-state index in [0.29, 0.717) is 11.5 Å². The van der Waals surface area contributed by atoms with Crippen LogP contribution in [0, 0.1) is 0 Å². The van der Waals surface area contributed by atoms with Crippen molar-refractivity contribution in [1.29, 1.82) is 0 Å². The second kappa shape index (κ2) is 6.71. The molecule has 0 atom stereocenters. The highest BCUT2D eigenvalue weighted by atomic mass is 35.5. The van der Waals surface area contributed by atoms with Gasteiger partial charge in [-0.2, -0.15) is 0 Å². The molecule has 0 aliphatic heterocycles. The molecule has 0 bridgehead atoms. The molecule has 3 aromatic rings. The molecular weight excluding hydrogens is 310 g/mol. The molecule has 0 amide bonds. The molecule has 1 heterocycles. The zero-order valence-electron chi connectivity index (χ0n) is 12.9. The van der Waals surface area contributed by atoms with Gasteiger partial charge in [-0.25, -0.2) is 0 Å². The van der Waals surface area contributed by atoms with Gasteiger partial charge in [0, 0.05) is 16.6 Å². The van der Waals surface area contributed by atoms with Gasteiger partial charge < -0.3 is 9.47 Å². The van der Waals surface area contributed by atoms with Crippen molar-refractivity contribution in [3.63, 3.8) is 0 Å². The summed E-state index contributed by atoms with van der Waals surface area (Å²) in [6, 6.07) is 13.5. The third kappa shape index (κ3) is 3.30. The Hall–Kier alpha value is -2.52. The van der Waals surface area contributed by atoms with Crippen LogP contribution in [0.5, 0.6) is 11.5 Å². The molecule has 0 saturated carbocycles.